The Kier molecular flexibility index (Phi) is 2.27. The molecule has 54 valence electrons. The average Bonchev–Trinajstić information content (AvgIpc) is 1.95. The Balaban J connectivity index is 3.14. The lowest BCUT2D eigenvalue weighted by atomic mass is 10.3. The summed E-state index contributed by atoms with van der Waals surface area (Å²) in [6.45, 7) is 0. The summed E-state index contributed by atoms with van der Waals surface area (Å²) in [6.07, 6.45) is 1.71. The molecule has 0 saturated heterocycles. The number of hydrogen-bond acceptors (Lipinski definition) is 1. The van der Waals surface area contributed by atoms with E-state index in [1.165, 1.54) is 17.8 Å². The molecule has 0 amide bonds. The minimum atomic E-state index is -0.785. The second-order valence-electron chi connectivity index (χ2n) is 1.76. The van der Waals surface area contributed by atoms with E-state index in [-0.39, 0.29) is 0 Å². The molecule has 0 fully saturated rings. The van der Waals surface area contributed by atoms with Crippen molar-refractivity contribution in [2.45, 2.75) is 4.90 Å². The van der Waals surface area contributed by atoms with Gasteiger partial charge in [0.15, 0.2) is 11.6 Å². The first-order valence-corrected chi connectivity index (χ1v) is 3.96. The van der Waals surface area contributed by atoms with Crippen LogP contribution >= 0.6 is 11.8 Å². The first kappa shape index (κ1) is 7.54. The van der Waals surface area contributed by atoms with E-state index >= 15 is 0 Å². The van der Waals surface area contributed by atoms with Gasteiger partial charge in [0.2, 0.25) is 0 Å². The molecule has 0 N–H and O–H groups in total. The molecule has 1 aromatic carbocycles. The third-order valence-corrected chi connectivity index (χ3v) is 1.89. The lowest BCUT2D eigenvalue weighted by Gasteiger charge is -1.97. The third kappa shape index (κ3) is 1.29. The fraction of sp³-hybridized carbons (Fsp3) is 0.143. The molecule has 1 rings (SSSR count). The number of benzene rings is 1. The van der Waals surface area contributed by atoms with Gasteiger partial charge in [-0.1, -0.05) is 6.07 Å². The van der Waals surface area contributed by atoms with Gasteiger partial charge in [0.1, 0.15) is 0 Å². The van der Waals surface area contributed by atoms with Crippen molar-refractivity contribution in [3.8, 4) is 0 Å². The lowest BCUT2D eigenvalue weighted by molar-refractivity contribution is 0.491. The van der Waals surface area contributed by atoms with E-state index < -0.39 is 11.6 Å². The summed E-state index contributed by atoms with van der Waals surface area (Å²) in [7, 11) is 0. The average molecular weight is 160 g/mol. The van der Waals surface area contributed by atoms with Gasteiger partial charge in [0.25, 0.3) is 0 Å². The first-order valence-electron chi connectivity index (χ1n) is 2.73. The SMILES string of the molecule is CSc1cccc(F)c1F. The zero-order valence-corrected chi connectivity index (χ0v) is 6.21. The number of rotatable bonds is 1. The molecule has 0 nitrogen and oxygen atoms in total. The monoisotopic (exact) mass is 160 g/mol. The minimum Gasteiger partial charge on any atom is -0.204 e. The Morgan fingerprint density at radius 1 is 1.30 bits per heavy atom. The van der Waals surface area contributed by atoms with Crippen LogP contribution < -0.4 is 0 Å². The van der Waals surface area contributed by atoms with Gasteiger partial charge in [-0.3, -0.25) is 0 Å². The van der Waals surface area contributed by atoms with Gasteiger partial charge in [0, 0.05) is 4.90 Å². The minimum absolute atomic E-state index is 0.347. The van der Waals surface area contributed by atoms with Crippen molar-refractivity contribution in [3.05, 3.63) is 29.8 Å². The van der Waals surface area contributed by atoms with Gasteiger partial charge in [0.05, 0.1) is 0 Å². The number of thioether (sulfide) groups is 1. The Morgan fingerprint density at radius 2 is 2.00 bits per heavy atom. The highest BCUT2D eigenvalue weighted by Gasteiger charge is 2.04. The topological polar surface area (TPSA) is 0 Å². The number of halogens is 2. The van der Waals surface area contributed by atoms with Gasteiger partial charge in [-0.05, 0) is 18.4 Å². The van der Waals surface area contributed by atoms with E-state index in [1.807, 2.05) is 0 Å². The molecule has 3 heteroatoms. The Bertz CT molecular complexity index is 235. The van der Waals surface area contributed by atoms with Crippen molar-refractivity contribution in [3.63, 3.8) is 0 Å². The maximum Gasteiger partial charge on any atom is 0.172 e. The zero-order valence-electron chi connectivity index (χ0n) is 5.40. The van der Waals surface area contributed by atoms with Crippen molar-refractivity contribution >= 4 is 11.8 Å². The lowest BCUT2D eigenvalue weighted by Crippen LogP contribution is -1.84. The van der Waals surface area contributed by atoms with Crippen LogP contribution in [-0.2, 0) is 0 Å². The van der Waals surface area contributed by atoms with Crippen molar-refractivity contribution < 1.29 is 8.78 Å². The molecule has 0 bridgehead atoms. The molecule has 0 atom stereocenters. The summed E-state index contributed by atoms with van der Waals surface area (Å²) in [5, 5.41) is 0. The highest BCUT2D eigenvalue weighted by molar-refractivity contribution is 7.98. The van der Waals surface area contributed by atoms with Crippen LogP contribution in [0.1, 0.15) is 0 Å². The van der Waals surface area contributed by atoms with E-state index in [2.05, 4.69) is 0 Å². The Labute approximate surface area is 62.3 Å². The molecule has 0 heterocycles. The van der Waals surface area contributed by atoms with Crippen LogP contribution in [-0.4, -0.2) is 6.26 Å². The van der Waals surface area contributed by atoms with Crippen LogP contribution in [0.3, 0.4) is 0 Å². The maximum atomic E-state index is 12.6. The van der Waals surface area contributed by atoms with Crippen molar-refractivity contribution in [1.82, 2.24) is 0 Å². The van der Waals surface area contributed by atoms with Crippen LogP contribution in [0.25, 0.3) is 0 Å². The van der Waals surface area contributed by atoms with Gasteiger partial charge < -0.3 is 0 Å². The third-order valence-electron chi connectivity index (χ3n) is 1.14. The second-order valence-corrected chi connectivity index (χ2v) is 2.60. The van der Waals surface area contributed by atoms with E-state index in [1.54, 1.807) is 12.3 Å². The normalized spacial score (nSPS) is 9.90. The van der Waals surface area contributed by atoms with Crippen LogP contribution in [0.5, 0.6) is 0 Å². The van der Waals surface area contributed by atoms with Crippen molar-refractivity contribution in [1.29, 1.82) is 0 Å². The van der Waals surface area contributed by atoms with Gasteiger partial charge >= 0.3 is 0 Å². The predicted molar refractivity (Wildman–Crippen MR) is 38.1 cm³/mol. The predicted octanol–water partition coefficient (Wildman–Crippen LogP) is 2.69. The van der Waals surface area contributed by atoms with Crippen molar-refractivity contribution in [2.24, 2.45) is 0 Å². The molecule has 0 unspecified atom stereocenters. The van der Waals surface area contributed by atoms with Crippen LogP contribution in [0, 0.1) is 11.6 Å². The summed E-state index contributed by atoms with van der Waals surface area (Å²) in [5.74, 6) is -1.54. The summed E-state index contributed by atoms with van der Waals surface area (Å²) < 4.78 is 25.0. The van der Waals surface area contributed by atoms with Crippen LogP contribution in [0.4, 0.5) is 8.78 Å². The Morgan fingerprint density at radius 3 is 2.50 bits per heavy atom. The van der Waals surface area contributed by atoms with Gasteiger partial charge in [-0.15, -0.1) is 11.8 Å². The first-order chi connectivity index (χ1) is 4.75. The smallest absolute Gasteiger partial charge is 0.172 e. The fourth-order valence-corrected chi connectivity index (χ4v) is 1.13. The zero-order chi connectivity index (χ0) is 7.56. The maximum absolute atomic E-state index is 12.6. The fourth-order valence-electron chi connectivity index (χ4n) is 0.642. The summed E-state index contributed by atoms with van der Waals surface area (Å²) in [6, 6.07) is 4.14. The van der Waals surface area contributed by atoms with Gasteiger partial charge in [-0.2, -0.15) is 0 Å². The molecule has 0 aliphatic rings. The highest BCUT2D eigenvalue weighted by atomic mass is 32.2. The molecule has 0 aliphatic heterocycles. The quantitative estimate of drug-likeness (QED) is 0.569. The largest absolute Gasteiger partial charge is 0.204 e. The standard InChI is InChI=1S/C7H6F2S/c1-10-6-4-2-3-5(8)7(6)9/h2-4H,1H3. The molecule has 0 spiro atoms. The second kappa shape index (κ2) is 3.01. The van der Waals surface area contributed by atoms with Crippen LogP contribution in [0.2, 0.25) is 0 Å². The molecule has 10 heavy (non-hydrogen) atoms. The van der Waals surface area contributed by atoms with E-state index in [9.17, 15) is 8.78 Å². The van der Waals surface area contributed by atoms with E-state index in [0.717, 1.165) is 6.07 Å². The van der Waals surface area contributed by atoms with Crippen molar-refractivity contribution in [2.75, 3.05) is 6.26 Å². The summed E-state index contributed by atoms with van der Waals surface area (Å²) >= 11 is 1.19. The molecular formula is C7H6F2S. The number of hydrogen-bond donors (Lipinski definition) is 0. The van der Waals surface area contributed by atoms with E-state index in [0.29, 0.717) is 4.90 Å². The molecule has 0 aromatic heterocycles. The summed E-state index contributed by atoms with van der Waals surface area (Å²) in [5.41, 5.74) is 0. The summed E-state index contributed by atoms with van der Waals surface area (Å²) in [4.78, 5) is 0.347. The molecule has 0 radical (unpaired) electrons. The molecule has 1 aromatic rings. The molecular weight excluding hydrogens is 154 g/mol. The highest BCUT2D eigenvalue weighted by Crippen LogP contribution is 2.20. The Hall–Kier alpha value is -0.570. The molecule has 0 aliphatic carbocycles. The van der Waals surface area contributed by atoms with E-state index in [4.69, 9.17) is 0 Å². The van der Waals surface area contributed by atoms with Gasteiger partial charge in [-0.25, -0.2) is 8.78 Å². The molecule has 0 saturated carbocycles. The van der Waals surface area contributed by atoms with Crippen LogP contribution in [0.15, 0.2) is 23.1 Å².